The first-order chi connectivity index (χ1) is 15.1. The number of para-hydroxylation sites is 1. The number of fused-ring (bicyclic) bond motifs is 2. The van der Waals surface area contributed by atoms with Crippen LogP contribution in [0.5, 0.6) is 5.75 Å². The molecule has 0 amide bonds. The molecule has 3 nitrogen and oxygen atoms in total. The Hall–Kier alpha value is -2.88. The fourth-order valence-corrected chi connectivity index (χ4v) is 5.39. The summed E-state index contributed by atoms with van der Waals surface area (Å²) in [4.78, 5) is 25.9. The van der Waals surface area contributed by atoms with Gasteiger partial charge in [0.2, 0.25) is 0 Å². The van der Waals surface area contributed by atoms with E-state index >= 15 is 0 Å². The third-order valence-corrected chi connectivity index (χ3v) is 6.92. The molecule has 0 aromatic heterocycles. The lowest BCUT2D eigenvalue weighted by atomic mass is 9.54. The zero-order valence-corrected chi connectivity index (χ0v) is 17.9. The van der Waals surface area contributed by atoms with Gasteiger partial charge in [0, 0.05) is 27.4 Å². The fourth-order valence-electron chi connectivity index (χ4n) is 5.14. The van der Waals surface area contributed by atoms with Crippen LogP contribution < -0.4 is 4.74 Å². The SMILES string of the molecule is O=CC1=CC[C@@H](c2ccc(Cl)cc2)[C@@]2(C(=O)Oc3ccccc32)[C@@H]1c1ccc(Cl)cc1. The number of ether oxygens (including phenoxy) is 1. The van der Waals surface area contributed by atoms with Crippen LogP contribution in [-0.4, -0.2) is 12.3 Å². The number of esters is 1. The van der Waals surface area contributed by atoms with Crippen molar-refractivity contribution < 1.29 is 14.3 Å². The molecule has 154 valence electrons. The summed E-state index contributed by atoms with van der Waals surface area (Å²) in [6, 6.07) is 22.4. The van der Waals surface area contributed by atoms with E-state index in [2.05, 4.69) is 0 Å². The Kier molecular flexibility index (Phi) is 4.96. The molecule has 1 spiro atoms. The molecule has 0 saturated heterocycles. The molecule has 1 aliphatic carbocycles. The summed E-state index contributed by atoms with van der Waals surface area (Å²) < 4.78 is 5.81. The van der Waals surface area contributed by atoms with Crippen molar-refractivity contribution in [3.8, 4) is 5.75 Å². The van der Waals surface area contributed by atoms with E-state index in [0.717, 1.165) is 23.0 Å². The second-order valence-electron chi connectivity index (χ2n) is 7.90. The Morgan fingerprint density at radius 3 is 2.13 bits per heavy atom. The highest BCUT2D eigenvalue weighted by atomic mass is 35.5. The summed E-state index contributed by atoms with van der Waals surface area (Å²) in [5.74, 6) is -0.545. The molecule has 5 heteroatoms. The Morgan fingerprint density at radius 1 is 0.871 bits per heavy atom. The van der Waals surface area contributed by atoms with Crippen LogP contribution in [0.3, 0.4) is 0 Å². The summed E-state index contributed by atoms with van der Waals surface area (Å²) in [5, 5.41) is 1.22. The topological polar surface area (TPSA) is 43.4 Å². The van der Waals surface area contributed by atoms with E-state index in [0.29, 0.717) is 27.8 Å². The fraction of sp³-hybridized carbons (Fsp3) is 0.154. The summed E-state index contributed by atoms with van der Waals surface area (Å²) >= 11 is 12.3. The van der Waals surface area contributed by atoms with Crippen LogP contribution in [0.2, 0.25) is 10.0 Å². The average molecular weight is 449 g/mol. The highest BCUT2D eigenvalue weighted by Gasteiger charge is 2.61. The molecule has 0 saturated carbocycles. The minimum atomic E-state index is -1.08. The lowest BCUT2D eigenvalue weighted by molar-refractivity contribution is -0.140. The van der Waals surface area contributed by atoms with E-state index in [1.165, 1.54) is 0 Å². The van der Waals surface area contributed by atoms with Gasteiger partial charge >= 0.3 is 5.97 Å². The van der Waals surface area contributed by atoms with Crippen LogP contribution in [0.4, 0.5) is 0 Å². The van der Waals surface area contributed by atoms with Gasteiger partial charge in [-0.2, -0.15) is 0 Å². The van der Waals surface area contributed by atoms with Gasteiger partial charge in [0.25, 0.3) is 0 Å². The van der Waals surface area contributed by atoms with Crippen LogP contribution in [0.25, 0.3) is 0 Å². The monoisotopic (exact) mass is 448 g/mol. The first kappa shape index (κ1) is 20.0. The number of allylic oxidation sites excluding steroid dienone is 2. The highest BCUT2D eigenvalue weighted by molar-refractivity contribution is 6.30. The van der Waals surface area contributed by atoms with E-state index in [9.17, 15) is 9.59 Å². The molecule has 0 fully saturated rings. The van der Waals surface area contributed by atoms with Gasteiger partial charge in [-0.25, -0.2) is 0 Å². The average Bonchev–Trinajstić information content (AvgIpc) is 3.07. The molecule has 5 rings (SSSR count). The molecule has 3 atom stereocenters. The standard InChI is InChI=1S/C26H18Cl2O3/c27-19-10-5-16(6-11-19)21-14-9-18(15-29)24(17-7-12-20(28)13-8-17)26(21)22-3-1-2-4-23(22)31-25(26)30/h1-13,15,21,24H,14H2/t21-,24+,26-/m0/s1. The number of hydrogen-bond donors (Lipinski definition) is 0. The van der Waals surface area contributed by atoms with Gasteiger partial charge in [0.1, 0.15) is 17.5 Å². The van der Waals surface area contributed by atoms with Crippen molar-refractivity contribution in [2.24, 2.45) is 0 Å². The normalized spacial score (nSPS) is 24.5. The minimum absolute atomic E-state index is 0.231. The Morgan fingerprint density at radius 2 is 1.48 bits per heavy atom. The quantitative estimate of drug-likeness (QED) is 0.270. The van der Waals surface area contributed by atoms with E-state index in [1.807, 2.05) is 60.7 Å². The number of hydrogen-bond acceptors (Lipinski definition) is 3. The summed E-state index contributed by atoms with van der Waals surface area (Å²) in [7, 11) is 0. The molecule has 0 N–H and O–H groups in total. The lowest BCUT2D eigenvalue weighted by Crippen LogP contribution is -2.48. The second-order valence-corrected chi connectivity index (χ2v) is 8.77. The van der Waals surface area contributed by atoms with Crippen molar-refractivity contribution in [2.45, 2.75) is 23.7 Å². The Bertz CT molecular complexity index is 1200. The maximum absolute atomic E-state index is 13.8. The molecule has 1 heterocycles. The molecule has 1 aliphatic heterocycles. The third kappa shape index (κ3) is 3.03. The molecular weight excluding hydrogens is 431 g/mol. The number of carbonyl (C=O) groups excluding carboxylic acids is 2. The third-order valence-electron chi connectivity index (χ3n) is 6.41. The van der Waals surface area contributed by atoms with E-state index < -0.39 is 11.3 Å². The predicted octanol–water partition coefficient (Wildman–Crippen LogP) is 6.25. The van der Waals surface area contributed by atoms with Crippen LogP contribution in [0, 0.1) is 0 Å². The zero-order valence-electron chi connectivity index (χ0n) is 16.4. The van der Waals surface area contributed by atoms with Crippen LogP contribution >= 0.6 is 23.2 Å². The predicted molar refractivity (Wildman–Crippen MR) is 121 cm³/mol. The number of aldehydes is 1. The highest BCUT2D eigenvalue weighted by Crippen LogP contribution is 2.61. The van der Waals surface area contributed by atoms with Gasteiger partial charge in [0.15, 0.2) is 0 Å². The second kappa shape index (κ2) is 7.67. The largest absolute Gasteiger partial charge is 0.425 e. The van der Waals surface area contributed by atoms with E-state index in [1.54, 1.807) is 18.2 Å². The maximum atomic E-state index is 13.8. The summed E-state index contributed by atoms with van der Waals surface area (Å²) in [6.07, 6.45) is 3.32. The maximum Gasteiger partial charge on any atom is 0.323 e. The van der Waals surface area contributed by atoms with Gasteiger partial charge < -0.3 is 4.74 Å². The van der Waals surface area contributed by atoms with Crippen LogP contribution in [0.1, 0.15) is 34.9 Å². The molecule has 0 radical (unpaired) electrons. The van der Waals surface area contributed by atoms with Crippen molar-refractivity contribution >= 4 is 35.5 Å². The molecule has 0 bridgehead atoms. The lowest BCUT2D eigenvalue weighted by Gasteiger charge is -2.44. The first-order valence-corrected chi connectivity index (χ1v) is 10.8. The van der Waals surface area contributed by atoms with Crippen molar-refractivity contribution in [3.05, 3.63) is 111 Å². The van der Waals surface area contributed by atoms with Crippen molar-refractivity contribution in [1.82, 2.24) is 0 Å². The summed E-state index contributed by atoms with van der Waals surface area (Å²) in [6.45, 7) is 0. The number of rotatable bonds is 3. The first-order valence-electron chi connectivity index (χ1n) is 10.0. The number of halogens is 2. The molecule has 0 unspecified atom stereocenters. The van der Waals surface area contributed by atoms with Crippen molar-refractivity contribution in [3.63, 3.8) is 0 Å². The molecule has 2 aliphatic rings. The Balaban J connectivity index is 1.82. The molecule has 3 aromatic rings. The van der Waals surface area contributed by atoms with Crippen LogP contribution in [-0.2, 0) is 15.0 Å². The summed E-state index contributed by atoms with van der Waals surface area (Å²) in [5.41, 5.74) is 2.10. The molecule has 3 aromatic carbocycles. The van der Waals surface area contributed by atoms with Crippen molar-refractivity contribution in [2.75, 3.05) is 0 Å². The molecule has 31 heavy (non-hydrogen) atoms. The van der Waals surface area contributed by atoms with Gasteiger partial charge in [-0.05, 0) is 53.5 Å². The number of benzene rings is 3. The van der Waals surface area contributed by atoms with Crippen LogP contribution in [0.15, 0.2) is 84.4 Å². The minimum Gasteiger partial charge on any atom is -0.425 e. The van der Waals surface area contributed by atoms with E-state index in [-0.39, 0.29) is 11.9 Å². The number of carbonyl (C=O) groups is 2. The molecular formula is C26H18Cl2O3. The van der Waals surface area contributed by atoms with Gasteiger partial charge in [-0.3, -0.25) is 9.59 Å². The van der Waals surface area contributed by atoms with Crippen molar-refractivity contribution in [1.29, 1.82) is 0 Å². The zero-order chi connectivity index (χ0) is 21.6. The van der Waals surface area contributed by atoms with Gasteiger partial charge in [0.05, 0.1) is 0 Å². The van der Waals surface area contributed by atoms with E-state index in [4.69, 9.17) is 27.9 Å². The van der Waals surface area contributed by atoms with Gasteiger partial charge in [-0.15, -0.1) is 0 Å². The Labute approximate surface area is 190 Å². The smallest absolute Gasteiger partial charge is 0.323 e. The van der Waals surface area contributed by atoms with Gasteiger partial charge in [-0.1, -0.05) is 71.7 Å².